The van der Waals surface area contributed by atoms with Gasteiger partial charge in [0.2, 0.25) is 0 Å². The van der Waals surface area contributed by atoms with Gasteiger partial charge in [0, 0.05) is 10.6 Å². The van der Waals surface area contributed by atoms with Crippen LogP contribution in [0.15, 0.2) is 34.7 Å². The fourth-order valence-electron chi connectivity index (χ4n) is 1.44. The first-order valence-corrected chi connectivity index (χ1v) is 7.25. The third-order valence-corrected chi connectivity index (χ3v) is 3.66. The summed E-state index contributed by atoms with van der Waals surface area (Å²) in [5.41, 5.74) is 2.35. The third kappa shape index (κ3) is 5.83. The van der Waals surface area contributed by atoms with E-state index in [2.05, 4.69) is 19.9 Å². The van der Waals surface area contributed by atoms with Gasteiger partial charge in [-0.2, -0.15) is 0 Å². The first-order valence-electron chi connectivity index (χ1n) is 6.26. The molecule has 1 N–H and O–H groups in total. The lowest BCUT2D eigenvalue weighted by atomic mass is 10.2. The van der Waals surface area contributed by atoms with Crippen molar-refractivity contribution in [3.8, 4) is 5.75 Å². The summed E-state index contributed by atoms with van der Waals surface area (Å²) < 4.78 is 5.19. The molecule has 0 aromatic heterocycles. The Kier molecular flexibility index (Phi) is 6.50. The molecule has 104 valence electrons. The number of thioether (sulfide) groups is 1. The van der Waals surface area contributed by atoms with E-state index >= 15 is 0 Å². The van der Waals surface area contributed by atoms with Gasteiger partial charge in [0.1, 0.15) is 5.75 Å². The molecule has 0 spiro atoms. The number of hydrogen-bond donors (Lipinski definition) is 1. The second-order valence-electron chi connectivity index (χ2n) is 4.32. The summed E-state index contributed by atoms with van der Waals surface area (Å²) in [6.07, 6.45) is 3.32. The minimum absolute atomic E-state index is 0.300. The Morgan fingerprint density at radius 1 is 1.47 bits per heavy atom. The smallest absolute Gasteiger partial charge is 0.341 e. The van der Waals surface area contributed by atoms with Crippen molar-refractivity contribution in [3.63, 3.8) is 0 Å². The molecule has 0 amide bonds. The predicted octanol–water partition coefficient (Wildman–Crippen LogP) is 3.91. The fraction of sp³-hybridized carbons (Fsp3) is 0.400. The maximum absolute atomic E-state index is 10.4. The van der Waals surface area contributed by atoms with Crippen LogP contribution in [-0.4, -0.2) is 23.4 Å². The molecule has 0 saturated heterocycles. The molecule has 0 unspecified atom stereocenters. The summed E-state index contributed by atoms with van der Waals surface area (Å²) in [5.74, 6) is 0.624. The van der Waals surface area contributed by atoms with E-state index in [-0.39, 0.29) is 6.61 Å². The topological polar surface area (TPSA) is 46.5 Å². The number of rotatable bonds is 7. The zero-order chi connectivity index (χ0) is 14.3. The van der Waals surface area contributed by atoms with E-state index in [9.17, 15) is 4.79 Å². The maximum Gasteiger partial charge on any atom is 0.341 e. The van der Waals surface area contributed by atoms with E-state index in [1.165, 1.54) is 10.5 Å². The summed E-state index contributed by atoms with van der Waals surface area (Å²) in [7, 11) is 0. The van der Waals surface area contributed by atoms with Crippen LogP contribution >= 0.6 is 11.8 Å². The SMILES string of the molecule is CCC(C)=CCSc1ccc(OCC(=O)O)c(C)c1. The molecule has 4 heteroatoms. The molecular formula is C15H20O3S. The van der Waals surface area contributed by atoms with Crippen molar-refractivity contribution in [1.29, 1.82) is 0 Å². The number of hydrogen-bond acceptors (Lipinski definition) is 3. The van der Waals surface area contributed by atoms with Crippen molar-refractivity contribution in [2.75, 3.05) is 12.4 Å². The van der Waals surface area contributed by atoms with E-state index in [4.69, 9.17) is 9.84 Å². The van der Waals surface area contributed by atoms with E-state index in [0.717, 1.165) is 17.7 Å². The Hall–Kier alpha value is -1.42. The summed E-state index contributed by atoms with van der Waals surface area (Å²) in [5, 5.41) is 8.58. The molecule has 0 aliphatic carbocycles. The molecular weight excluding hydrogens is 260 g/mol. The number of carboxylic acid groups (broad SMARTS) is 1. The van der Waals surface area contributed by atoms with Gasteiger partial charge in [-0.15, -0.1) is 11.8 Å². The van der Waals surface area contributed by atoms with Crippen molar-refractivity contribution >= 4 is 17.7 Å². The van der Waals surface area contributed by atoms with Gasteiger partial charge in [0.05, 0.1) is 0 Å². The van der Waals surface area contributed by atoms with Crippen LogP contribution in [0.5, 0.6) is 5.75 Å². The number of carbonyl (C=O) groups is 1. The second-order valence-corrected chi connectivity index (χ2v) is 5.42. The van der Waals surface area contributed by atoms with E-state index in [0.29, 0.717) is 5.75 Å². The molecule has 1 rings (SSSR count). The largest absolute Gasteiger partial charge is 0.482 e. The number of carboxylic acids is 1. The average Bonchev–Trinajstić information content (AvgIpc) is 2.37. The third-order valence-electron chi connectivity index (χ3n) is 2.74. The van der Waals surface area contributed by atoms with Gasteiger partial charge in [0.15, 0.2) is 6.61 Å². The number of benzene rings is 1. The van der Waals surface area contributed by atoms with Gasteiger partial charge < -0.3 is 9.84 Å². The first-order chi connectivity index (χ1) is 9.02. The number of aryl methyl sites for hydroxylation is 1. The van der Waals surface area contributed by atoms with E-state index in [1.54, 1.807) is 11.8 Å². The average molecular weight is 280 g/mol. The van der Waals surface area contributed by atoms with Gasteiger partial charge in [-0.25, -0.2) is 4.79 Å². The molecule has 0 bridgehead atoms. The van der Waals surface area contributed by atoms with Crippen molar-refractivity contribution in [3.05, 3.63) is 35.4 Å². The lowest BCUT2D eigenvalue weighted by Gasteiger charge is -2.08. The Labute approximate surface area is 118 Å². The van der Waals surface area contributed by atoms with Crippen LogP contribution in [0.1, 0.15) is 25.8 Å². The Balaban J connectivity index is 2.58. The summed E-state index contributed by atoms with van der Waals surface area (Å²) in [4.78, 5) is 11.6. The van der Waals surface area contributed by atoms with E-state index < -0.39 is 5.97 Å². The van der Waals surface area contributed by atoms with Gasteiger partial charge in [-0.1, -0.05) is 18.6 Å². The number of aliphatic carboxylic acids is 1. The number of ether oxygens (including phenoxy) is 1. The summed E-state index contributed by atoms with van der Waals surface area (Å²) >= 11 is 1.76. The van der Waals surface area contributed by atoms with Crippen LogP contribution < -0.4 is 4.74 Å². The minimum atomic E-state index is -0.960. The van der Waals surface area contributed by atoms with Crippen molar-refractivity contribution in [2.24, 2.45) is 0 Å². The molecule has 0 aliphatic rings. The van der Waals surface area contributed by atoms with Crippen LogP contribution in [-0.2, 0) is 4.79 Å². The molecule has 1 aromatic carbocycles. The molecule has 19 heavy (non-hydrogen) atoms. The molecule has 0 aliphatic heterocycles. The highest BCUT2D eigenvalue weighted by Gasteiger charge is 2.04. The maximum atomic E-state index is 10.4. The second kappa shape index (κ2) is 7.89. The standard InChI is InChI=1S/C15H20O3S/c1-4-11(2)7-8-19-13-5-6-14(12(3)9-13)18-10-15(16)17/h5-7,9H,4,8,10H2,1-3H3,(H,16,17). The van der Waals surface area contributed by atoms with Gasteiger partial charge >= 0.3 is 5.97 Å². The highest BCUT2D eigenvalue weighted by Crippen LogP contribution is 2.26. The quantitative estimate of drug-likeness (QED) is 0.607. The van der Waals surface area contributed by atoms with Crippen LogP contribution in [0.3, 0.4) is 0 Å². The van der Waals surface area contributed by atoms with Crippen molar-refractivity contribution in [1.82, 2.24) is 0 Å². The van der Waals surface area contributed by atoms with Crippen LogP contribution in [0, 0.1) is 6.92 Å². The Morgan fingerprint density at radius 3 is 2.79 bits per heavy atom. The highest BCUT2D eigenvalue weighted by atomic mass is 32.2. The highest BCUT2D eigenvalue weighted by molar-refractivity contribution is 7.99. The van der Waals surface area contributed by atoms with E-state index in [1.807, 2.05) is 25.1 Å². The molecule has 0 fully saturated rings. The molecule has 3 nitrogen and oxygen atoms in total. The monoisotopic (exact) mass is 280 g/mol. The summed E-state index contributed by atoms with van der Waals surface area (Å²) in [6.45, 7) is 5.91. The lowest BCUT2D eigenvalue weighted by molar-refractivity contribution is -0.139. The van der Waals surface area contributed by atoms with Gasteiger partial charge in [-0.05, 0) is 44.0 Å². The van der Waals surface area contributed by atoms with Crippen LogP contribution in [0.2, 0.25) is 0 Å². The normalized spacial score (nSPS) is 11.4. The zero-order valence-electron chi connectivity index (χ0n) is 11.6. The van der Waals surface area contributed by atoms with Crippen LogP contribution in [0.25, 0.3) is 0 Å². The van der Waals surface area contributed by atoms with Crippen molar-refractivity contribution in [2.45, 2.75) is 32.1 Å². The number of allylic oxidation sites excluding steroid dienone is 1. The van der Waals surface area contributed by atoms with Crippen molar-refractivity contribution < 1.29 is 14.6 Å². The molecule has 1 aromatic rings. The fourth-order valence-corrected chi connectivity index (χ4v) is 2.42. The Bertz CT molecular complexity index is 466. The first kappa shape index (κ1) is 15.6. The molecule has 0 heterocycles. The molecule has 0 saturated carbocycles. The predicted molar refractivity (Wildman–Crippen MR) is 79.1 cm³/mol. The Morgan fingerprint density at radius 2 is 2.21 bits per heavy atom. The zero-order valence-corrected chi connectivity index (χ0v) is 12.4. The van der Waals surface area contributed by atoms with Crippen LogP contribution in [0.4, 0.5) is 0 Å². The van der Waals surface area contributed by atoms with Gasteiger partial charge in [0.25, 0.3) is 0 Å². The summed E-state index contributed by atoms with van der Waals surface area (Å²) in [6, 6.07) is 5.82. The lowest BCUT2D eigenvalue weighted by Crippen LogP contribution is -2.09. The minimum Gasteiger partial charge on any atom is -0.482 e. The van der Waals surface area contributed by atoms with Gasteiger partial charge in [-0.3, -0.25) is 0 Å². The molecule has 0 atom stereocenters. The molecule has 0 radical (unpaired) electrons.